The Morgan fingerprint density at radius 2 is 0.919 bits per heavy atom. The van der Waals surface area contributed by atoms with Crippen molar-refractivity contribution in [3.8, 4) is 0 Å². The highest BCUT2D eigenvalue weighted by atomic mass is 19.2. The first-order valence-corrected chi connectivity index (χ1v) is 13.3. The van der Waals surface area contributed by atoms with Crippen molar-refractivity contribution in [2.24, 2.45) is 0 Å². The van der Waals surface area contributed by atoms with Gasteiger partial charge in [-0.1, -0.05) is 108 Å². The maximum Gasteiger partial charge on any atom is 0.250 e. The van der Waals surface area contributed by atoms with Crippen molar-refractivity contribution >= 4 is 30.9 Å². The summed E-state index contributed by atoms with van der Waals surface area (Å²) < 4.78 is 64.4. The van der Waals surface area contributed by atoms with Gasteiger partial charge in [-0.3, -0.25) is 0 Å². The fraction of sp³-hybridized carbons (Fsp3) is 0.419. The van der Waals surface area contributed by atoms with E-state index < -0.39 is 46.3 Å². The van der Waals surface area contributed by atoms with Crippen LogP contribution in [0, 0.1) is 64.8 Å². The van der Waals surface area contributed by atoms with Crippen LogP contribution in [-0.2, 0) is 5.31 Å². The summed E-state index contributed by atoms with van der Waals surface area (Å²) in [6.07, 6.45) is 2.16. The van der Waals surface area contributed by atoms with Gasteiger partial charge in [-0.15, -0.1) is 0 Å². The first-order chi connectivity index (χ1) is 17.3. The van der Waals surface area contributed by atoms with Crippen molar-refractivity contribution in [1.82, 2.24) is 0 Å². The molecular weight excluding hydrogens is 470 g/mol. The molecule has 0 bridgehead atoms. The molecule has 0 saturated carbocycles. The van der Waals surface area contributed by atoms with E-state index >= 15 is 17.6 Å². The fourth-order valence-electron chi connectivity index (χ4n) is 6.64. The Morgan fingerprint density at radius 1 is 0.595 bits per heavy atom. The van der Waals surface area contributed by atoms with Gasteiger partial charge in [0.05, 0.1) is 0 Å². The second-order valence-electron chi connectivity index (χ2n) is 11.2. The Morgan fingerprint density at radius 3 is 1.22 bits per heavy atom. The lowest BCUT2D eigenvalue weighted by Gasteiger charge is -2.32. The molecule has 3 aromatic rings. The van der Waals surface area contributed by atoms with Crippen LogP contribution in [-0.4, -0.2) is 14.6 Å². The van der Waals surface area contributed by atoms with Crippen LogP contribution in [0.5, 0.6) is 0 Å². The normalized spacial score (nSPS) is 11.8. The van der Waals surface area contributed by atoms with Gasteiger partial charge in [0.2, 0.25) is 0 Å². The SMILES string of the molecule is BC(CCC)(CCC)c1c(F)c(F)c(B(c2c(C)cc(C)cc2C)c2c(C)cc(C)cc2C)c(F)c1F. The van der Waals surface area contributed by atoms with Gasteiger partial charge >= 0.3 is 0 Å². The zero-order valence-corrected chi connectivity index (χ0v) is 23.7. The minimum atomic E-state index is -1.30. The molecule has 0 N–H and O–H groups in total. The number of hydrogen-bond acceptors (Lipinski definition) is 0. The first-order valence-electron chi connectivity index (χ1n) is 13.3. The molecule has 0 radical (unpaired) electrons. The molecule has 0 atom stereocenters. The van der Waals surface area contributed by atoms with Crippen LogP contribution >= 0.6 is 0 Å². The van der Waals surface area contributed by atoms with E-state index in [2.05, 4.69) is 0 Å². The third-order valence-electron chi connectivity index (χ3n) is 7.85. The van der Waals surface area contributed by atoms with E-state index in [4.69, 9.17) is 0 Å². The van der Waals surface area contributed by atoms with E-state index in [0.29, 0.717) is 36.6 Å². The molecule has 0 aliphatic rings. The average molecular weight is 508 g/mol. The Kier molecular flexibility index (Phi) is 8.71. The summed E-state index contributed by atoms with van der Waals surface area (Å²) in [5.41, 5.74) is 5.66. The van der Waals surface area contributed by atoms with Crippen LogP contribution in [0.1, 0.15) is 78.5 Å². The molecule has 0 saturated heterocycles. The Balaban J connectivity index is 2.50. The molecule has 0 aliphatic heterocycles. The van der Waals surface area contributed by atoms with Crippen LogP contribution in [0.25, 0.3) is 0 Å². The lowest BCUT2D eigenvalue weighted by atomic mass is 9.33. The number of halogens is 4. The highest BCUT2D eigenvalue weighted by Gasteiger charge is 2.41. The standard InChI is InChI=1S/C31H38B2F4/c1-9-11-31(32,12-10-2)23-27(34)29(36)26(30(37)28(23)35)33(24-19(5)13-17(3)14-20(24)6)25-21(7)15-18(4)16-22(25)8/h13-16H,9-12,32H2,1-8H3. The molecule has 196 valence electrons. The summed E-state index contributed by atoms with van der Waals surface area (Å²) in [4.78, 5) is 0. The van der Waals surface area contributed by atoms with Crippen LogP contribution in [0.4, 0.5) is 17.6 Å². The predicted octanol–water partition coefficient (Wildman–Crippen LogP) is 6.04. The molecule has 6 heteroatoms. The van der Waals surface area contributed by atoms with Gasteiger partial charge in [-0.05, 0) is 46.9 Å². The second kappa shape index (κ2) is 11.1. The molecular formula is C31H38B2F4. The molecule has 0 amide bonds. The van der Waals surface area contributed by atoms with E-state index in [-0.39, 0.29) is 0 Å². The topological polar surface area (TPSA) is 0 Å². The van der Waals surface area contributed by atoms with E-state index in [1.165, 1.54) is 0 Å². The van der Waals surface area contributed by atoms with Crippen LogP contribution < -0.4 is 16.4 Å². The van der Waals surface area contributed by atoms with Crippen LogP contribution in [0.3, 0.4) is 0 Å². The van der Waals surface area contributed by atoms with Gasteiger partial charge in [0.1, 0.15) is 7.85 Å². The van der Waals surface area contributed by atoms with Crippen molar-refractivity contribution in [1.29, 1.82) is 0 Å². The van der Waals surface area contributed by atoms with Gasteiger partial charge < -0.3 is 0 Å². The smallest absolute Gasteiger partial charge is 0.204 e. The van der Waals surface area contributed by atoms with E-state index in [1.807, 2.05) is 79.7 Å². The van der Waals surface area contributed by atoms with Gasteiger partial charge in [-0.25, -0.2) is 17.6 Å². The molecule has 0 aliphatic carbocycles. The molecule has 0 unspecified atom stereocenters. The van der Waals surface area contributed by atoms with E-state index in [0.717, 1.165) is 33.4 Å². The third kappa shape index (κ3) is 5.26. The third-order valence-corrected chi connectivity index (χ3v) is 7.85. The van der Waals surface area contributed by atoms with Gasteiger partial charge in [0.15, 0.2) is 23.3 Å². The van der Waals surface area contributed by atoms with E-state index in [1.54, 1.807) is 7.85 Å². The zero-order valence-electron chi connectivity index (χ0n) is 23.7. The monoisotopic (exact) mass is 508 g/mol. The summed E-state index contributed by atoms with van der Waals surface area (Å²) in [6, 6.07) is 7.80. The summed E-state index contributed by atoms with van der Waals surface area (Å²) in [5, 5.41) is -1.00. The maximum atomic E-state index is 16.2. The summed E-state index contributed by atoms with van der Waals surface area (Å²) in [6.45, 7) is 14.3. The number of hydrogen-bond donors (Lipinski definition) is 0. The minimum Gasteiger partial charge on any atom is -0.204 e. The van der Waals surface area contributed by atoms with Crippen LogP contribution in [0.15, 0.2) is 24.3 Å². The molecule has 0 heterocycles. The summed E-state index contributed by atoms with van der Waals surface area (Å²) >= 11 is 0. The Hall–Kier alpha value is -2.49. The molecule has 3 rings (SSSR count). The molecule has 0 aromatic heterocycles. The summed E-state index contributed by atoms with van der Waals surface area (Å²) in [7, 11) is 1.71. The number of benzene rings is 3. The van der Waals surface area contributed by atoms with Gasteiger partial charge in [0, 0.05) is 11.0 Å². The number of aryl methyl sites for hydroxylation is 6. The fourth-order valence-corrected chi connectivity index (χ4v) is 6.64. The molecule has 3 aromatic carbocycles. The number of rotatable bonds is 8. The zero-order chi connectivity index (χ0) is 27.8. The Labute approximate surface area is 221 Å². The minimum absolute atomic E-state index is 0.433. The largest absolute Gasteiger partial charge is 0.250 e. The lowest BCUT2D eigenvalue weighted by molar-refractivity contribution is 0.396. The molecule has 0 fully saturated rings. The second-order valence-corrected chi connectivity index (χ2v) is 11.2. The van der Waals surface area contributed by atoms with Crippen molar-refractivity contribution < 1.29 is 17.6 Å². The molecule has 0 spiro atoms. The first kappa shape index (κ1) is 29.1. The van der Waals surface area contributed by atoms with Crippen molar-refractivity contribution in [2.75, 3.05) is 0 Å². The Bertz CT molecular complexity index is 1190. The van der Waals surface area contributed by atoms with Gasteiger partial charge in [-0.2, -0.15) is 0 Å². The summed E-state index contributed by atoms with van der Waals surface area (Å²) in [5.74, 6) is -5.13. The predicted molar refractivity (Wildman–Crippen MR) is 152 cm³/mol. The maximum absolute atomic E-state index is 16.2. The molecule has 0 nitrogen and oxygen atoms in total. The quantitative estimate of drug-likeness (QED) is 0.198. The highest BCUT2D eigenvalue weighted by Crippen LogP contribution is 2.36. The van der Waals surface area contributed by atoms with Crippen molar-refractivity contribution in [3.63, 3.8) is 0 Å². The van der Waals surface area contributed by atoms with E-state index in [9.17, 15) is 0 Å². The average Bonchev–Trinajstić information content (AvgIpc) is 2.76. The lowest BCUT2D eigenvalue weighted by Crippen LogP contribution is -2.58. The highest BCUT2D eigenvalue weighted by molar-refractivity contribution is 6.96. The van der Waals surface area contributed by atoms with Crippen molar-refractivity contribution in [3.05, 3.63) is 86.5 Å². The van der Waals surface area contributed by atoms with Crippen molar-refractivity contribution in [2.45, 2.75) is 86.4 Å². The molecule has 37 heavy (non-hydrogen) atoms. The van der Waals surface area contributed by atoms with Crippen LogP contribution in [0.2, 0.25) is 0 Å². The van der Waals surface area contributed by atoms with Gasteiger partial charge in [0.25, 0.3) is 6.71 Å².